The molecule has 1 atom stereocenters. The second-order valence-electron chi connectivity index (χ2n) is 10.3. The number of hydrogen-bond donors (Lipinski definition) is 0. The van der Waals surface area contributed by atoms with Crippen molar-refractivity contribution in [3.05, 3.63) is 72.1 Å². The Morgan fingerprint density at radius 1 is 0.698 bits per heavy atom. The van der Waals surface area contributed by atoms with Crippen molar-refractivity contribution in [3.63, 3.8) is 0 Å². The van der Waals surface area contributed by atoms with Crippen molar-refractivity contribution in [2.24, 2.45) is 0 Å². The first kappa shape index (κ1) is 33.2. The third kappa shape index (κ3) is 11.5. The molecule has 0 saturated heterocycles. The highest BCUT2D eigenvalue weighted by Gasteiger charge is 2.19. The van der Waals surface area contributed by atoms with E-state index in [1.165, 1.54) is 108 Å². The Morgan fingerprint density at radius 2 is 1.26 bits per heavy atom. The lowest BCUT2D eigenvalue weighted by molar-refractivity contribution is -0.149. The van der Waals surface area contributed by atoms with Crippen molar-refractivity contribution < 1.29 is 33.3 Å². The molecule has 0 aliphatic carbocycles. The van der Waals surface area contributed by atoms with Crippen molar-refractivity contribution in [3.8, 4) is 22.9 Å². The number of ether oxygens (including phenoxy) is 4. The van der Waals surface area contributed by atoms with E-state index in [1.54, 1.807) is 0 Å². The van der Waals surface area contributed by atoms with Gasteiger partial charge in [-0.2, -0.15) is 0 Å². The highest BCUT2D eigenvalue weighted by molar-refractivity contribution is 5.92. The fourth-order valence-corrected chi connectivity index (χ4v) is 4.33. The van der Waals surface area contributed by atoms with Crippen molar-refractivity contribution in [2.75, 3.05) is 13.7 Å². The van der Waals surface area contributed by atoms with Crippen LogP contribution in [-0.4, -0.2) is 47.7 Å². The van der Waals surface area contributed by atoms with Crippen LogP contribution in [0.5, 0.6) is 11.5 Å². The minimum Gasteiger partial charge on any atom is -0.494 e. The Kier molecular flexibility index (Phi) is 14.1. The summed E-state index contributed by atoms with van der Waals surface area (Å²) in [5.41, 5.74) is 1.17. The minimum atomic E-state index is -1.04. The molecule has 2 aromatic carbocycles. The van der Waals surface area contributed by atoms with E-state index in [-0.39, 0.29) is 16.9 Å². The Labute approximate surface area is 253 Å². The molecule has 3 aromatic rings. The number of methoxy groups -OCH3 is 1. The number of aromatic nitrogens is 2. The van der Waals surface area contributed by atoms with E-state index in [2.05, 4.69) is 21.6 Å². The molecule has 9 heteroatoms. The predicted octanol–water partition coefficient (Wildman–Crippen LogP) is 7.38. The molecule has 1 heterocycles. The first-order valence-electron chi connectivity index (χ1n) is 15.1. The smallest absolute Gasteiger partial charge is 0.346 e. The first-order chi connectivity index (χ1) is 20.9. The lowest BCUT2D eigenvalue weighted by Gasteiger charge is -2.11. The summed E-state index contributed by atoms with van der Waals surface area (Å²) in [6.07, 6.45) is 14.7. The van der Waals surface area contributed by atoms with Crippen molar-refractivity contribution in [1.29, 1.82) is 0 Å². The van der Waals surface area contributed by atoms with Crippen LogP contribution in [0.25, 0.3) is 11.4 Å². The largest absolute Gasteiger partial charge is 0.494 e. The Morgan fingerprint density at radius 3 is 1.84 bits per heavy atom. The third-order valence-electron chi connectivity index (χ3n) is 6.88. The summed E-state index contributed by atoms with van der Waals surface area (Å²) in [5, 5.41) is 0. The third-order valence-corrected chi connectivity index (χ3v) is 6.88. The average molecular weight is 591 g/mol. The normalized spacial score (nSPS) is 11.4. The molecule has 3 rings (SSSR count). The summed E-state index contributed by atoms with van der Waals surface area (Å²) in [6, 6.07) is 13.3. The topological polar surface area (TPSA) is 114 Å². The van der Waals surface area contributed by atoms with Gasteiger partial charge in [-0.05, 0) is 61.9 Å². The molecule has 0 fully saturated rings. The number of nitrogens with zero attached hydrogens (tertiary/aromatic N) is 2. The quantitative estimate of drug-likeness (QED) is 0.0850. The van der Waals surface area contributed by atoms with Crippen LogP contribution < -0.4 is 9.47 Å². The summed E-state index contributed by atoms with van der Waals surface area (Å²) in [6.45, 7) is 4.36. The van der Waals surface area contributed by atoms with Gasteiger partial charge in [-0.3, -0.25) is 0 Å². The maximum Gasteiger partial charge on any atom is 0.346 e. The number of benzene rings is 2. The molecule has 1 aromatic heterocycles. The van der Waals surface area contributed by atoms with Crippen molar-refractivity contribution in [1.82, 2.24) is 9.97 Å². The van der Waals surface area contributed by atoms with Gasteiger partial charge in [0.25, 0.3) is 0 Å². The van der Waals surface area contributed by atoms with Crippen molar-refractivity contribution in [2.45, 2.75) is 84.2 Å². The summed E-state index contributed by atoms with van der Waals surface area (Å²) in [7, 11) is 1.21. The highest BCUT2D eigenvalue weighted by Crippen LogP contribution is 2.21. The lowest BCUT2D eigenvalue weighted by Crippen LogP contribution is -2.25. The molecular formula is C34H42N2O7. The molecule has 0 aliphatic rings. The standard InChI is InChI=1S/C34H42N2O7/c1-4-5-6-7-8-9-10-11-12-13-22-41-29-18-14-26(15-19-29)31-35-23-28(24-36-31)34(39)43-30-20-16-27(17-21-30)33(38)42-25(2)32(37)40-3/h14-21,23-25H,4-13,22H2,1-3H3. The maximum absolute atomic E-state index is 12.6. The molecule has 0 bridgehead atoms. The second kappa shape index (κ2) is 18.3. The van der Waals surface area contributed by atoms with Crippen molar-refractivity contribution >= 4 is 17.9 Å². The summed E-state index contributed by atoms with van der Waals surface area (Å²) in [5.74, 6) is -0.502. The number of carbonyl (C=O) groups is 3. The van der Waals surface area contributed by atoms with E-state index in [9.17, 15) is 14.4 Å². The molecule has 0 saturated carbocycles. The molecule has 0 amide bonds. The molecule has 0 aliphatic heterocycles. The van der Waals surface area contributed by atoms with Gasteiger partial charge in [0, 0.05) is 18.0 Å². The van der Waals surface area contributed by atoms with Crippen LogP contribution in [0.15, 0.2) is 60.9 Å². The van der Waals surface area contributed by atoms with E-state index in [0.29, 0.717) is 12.4 Å². The summed E-state index contributed by atoms with van der Waals surface area (Å²) >= 11 is 0. The van der Waals surface area contributed by atoms with Crippen LogP contribution in [0, 0.1) is 0 Å². The second-order valence-corrected chi connectivity index (χ2v) is 10.3. The molecule has 9 nitrogen and oxygen atoms in total. The van der Waals surface area contributed by atoms with E-state index in [4.69, 9.17) is 14.2 Å². The molecule has 230 valence electrons. The van der Waals surface area contributed by atoms with Gasteiger partial charge in [0.2, 0.25) is 0 Å². The van der Waals surface area contributed by atoms with Gasteiger partial charge in [-0.1, -0.05) is 64.7 Å². The van der Waals surface area contributed by atoms with E-state index in [0.717, 1.165) is 17.7 Å². The Balaban J connectivity index is 1.39. The number of rotatable bonds is 18. The minimum absolute atomic E-state index is 0.176. The van der Waals surface area contributed by atoms with Crippen LogP contribution in [0.3, 0.4) is 0 Å². The van der Waals surface area contributed by atoms with Gasteiger partial charge < -0.3 is 18.9 Å². The first-order valence-corrected chi connectivity index (χ1v) is 15.1. The lowest BCUT2D eigenvalue weighted by atomic mass is 10.1. The van der Waals surface area contributed by atoms with Crippen LogP contribution in [0.1, 0.15) is 98.8 Å². The molecule has 0 N–H and O–H groups in total. The fourth-order valence-electron chi connectivity index (χ4n) is 4.33. The number of esters is 3. The number of hydrogen-bond acceptors (Lipinski definition) is 9. The van der Waals surface area contributed by atoms with Gasteiger partial charge in [0.15, 0.2) is 11.9 Å². The van der Waals surface area contributed by atoms with Crippen LogP contribution >= 0.6 is 0 Å². The Hall–Kier alpha value is -4.27. The van der Waals surface area contributed by atoms with Gasteiger partial charge in [-0.15, -0.1) is 0 Å². The van der Waals surface area contributed by atoms with E-state index >= 15 is 0 Å². The highest BCUT2D eigenvalue weighted by atomic mass is 16.6. The van der Waals surface area contributed by atoms with Gasteiger partial charge >= 0.3 is 17.9 Å². The van der Waals surface area contributed by atoms with Gasteiger partial charge in [0.05, 0.1) is 24.8 Å². The van der Waals surface area contributed by atoms with Crippen LogP contribution in [-0.2, 0) is 14.3 Å². The van der Waals surface area contributed by atoms with Gasteiger partial charge in [0.1, 0.15) is 11.5 Å². The van der Waals surface area contributed by atoms with Crippen LogP contribution in [0.4, 0.5) is 0 Å². The zero-order valence-corrected chi connectivity index (χ0v) is 25.4. The summed E-state index contributed by atoms with van der Waals surface area (Å²) in [4.78, 5) is 44.8. The maximum atomic E-state index is 12.6. The zero-order valence-electron chi connectivity index (χ0n) is 25.4. The molecule has 1 unspecified atom stereocenters. The average Bonchev–Trinajstić information content (AvgIpc) is 3.03. The Bertz CT molecular complexity index is 1280. The zero-order chi connectivity index (χ0) is 30.9. The number of unbranched alkanes of at least 4 members (excludes halogenated alkanes) is 9. The SMILES string of the molecule is CCCCCCCCCCCCOc1ccc(-c2ncc(C(=O)Oc3ccc(C(=O)OC(C)C(=O)OC)cc3)cn2)cc1. The molecular weight excluding hydrogens is 548 g/mol. The number of carbonyl (C=O) groups excluding carboxylic acids is 3. The monoisotopic (exact) mass is 590 g/mol. The van der Waals surface area contributed by atoms with Crippen LogP contribution in [0.2, 0.25) is 0 Å². The van der Waals surface area contributed by atoms with E-state index < -0.39 is 24.0 Å². The summed E-state index contributed by atoms with van der Waals surface area (Å²) < 4.78 is 20.8. The van der Waals surface area contributed by atoms with Gasteiger partial charge in [-0.25, -0.2) is 24.4 Å². The molecule has 0 spiro atoms. The predicted molar refractivity (Wildman–Crippen MR) is 163 cm³/mol. The molecule has 0 radical (unpaired) electrons. The fraction of sp³-hybridized carbons (Fsp3) is 0.441. The molecule has 43 heavy (non-hydrogen) atoms. The van der Waals surface area contributed by atoms with E-state index in [1.807, 2.05) is 24.3 Å².